The van der Waals surface area contributed by atoms with Gasteiger partial charge in [-0.2, -0.15) is 0 Å². The minimum absolute atomic E-state index is 0.0283. The van der Waals surface area contributed by atoms with Crippen molar-refractivity contribution in [2.45, 2.75) is 19.8 Å². The van der Waals surface area contributed by atoms with E-state index in [1.54, 1.807) is 6.92 Å². The van der Waals surface area contributed by atoms with E-state index < -0.39 is 0 Å². The third-order valence-electron chi connectivity index (χ3n) is 2.37. The third-order valence-corrected chi connectivity index (χ3v) is 2.37. The number of aryl methyl sites for hydroxylation is 1. The first-order valence-corrected chi connectivity index (χ1v) is 4.67. The molecule has 76 valence electrons. The minimum atomic E-state index is -0.0283. The Morgan fingerprint density at radius 3 is 2.57 bits per heavy atom. The number of nitrogen functional groups attached to an aromatic ring is 1. The van der Waals surface area contributed by atoms with Gasteiger partial charge in [0.15, 0.2) is 0 Å². The molecular weight excluding hydrogens is 182 g/mol. The molecule has 1 fully saturated rings. The van der Waals surface area contributed by atoms with Crippen molar-refractivity contribution in [2.24, 2.45) is 0 Å². The van der Waals surface area contributed by atoms with Gasteiger partial charge in [-0.25, -0.2) is 4.73 Å². The fourth-order valence-corrected chi connectivity index (χ4v) is 1.59. The molecular formula is C8H13N5O. The van der Waals surface area contributed by atoms with Gasteiger partial charge in [0.1, 0.15) is 0 Å². The molecule has 0 spiro atoms. The molecule has 2 heterocycles. The van der Waals surface area contributed by atoms with Crippen LogP contribution in [0.25, 0.3) is 0 Å². The second-order valence-corrected chi connectivity index (χ2v) is 3.42. The maximum absolute atomic E-state index is 11.2. The van der Waals surface area contributed by atoms with Crippen molar-refractivity contribution < 1.29 is 4.73 Å². The lowest BCUT2D eigenvalue weighted by Crippen LogP contribution is -2.38. The maximum atomic E-state index is 11.2. The fourth-order valence-electron chi connectivity index (χ4n) is 1.59. The molecule has 6 nitrogen and oxygen atoms in total. The summed E-state index contributed by atoms with van der Waals surface area (Å²) in [5.74, 6) is 0.892. The first kappa shape index (κ1) is 8.98. The van der Waals surface area contributed by atoms with E-state index in [2.05, 4.69) is 9.97 Å². The van der Waals surface area contributed by atoms with Gasteiger partial charge in [0.05, 0.1) is 0 Å². The minimum Gasteiger partial charge on any atom is -0.754 e. The Kier molecular flexibility index (Phi) is 2.11. The van der Waals surface area contributed by atoms with Crippen LogP contribution in [0.15, 0.2) is 0 Å². The second-order valence-electron chi connectivity index (χ2n) is 3.42. The first-order valence-electron chi connectivity index (χ1n) is 4.67. The van der Waals surface area contributed by atoms with Crippen molar-refractivity contribution in [1.82, 2.24) is 9.97 Å². The third kappa shape index (κ3) is 1.43. The summed E-state index contributed by atoms with van der Waals surface area (Å²) in [5.41, 5.74) is 5.46. The van der Waals surface area contributed by atoms with Gasteiger partial charge in [0.2, 0.25) is 5.82 Å². The first-order chi connectivity index (χ1) is 6.68. The summed E-state index contributed by atoms with van der Waals surface area (Å²) >= 11 is 0. The molecule has 0 unspecified atom stereocenters. The molecule has 0 aliphatic carbocycles. The zero-order valence-corrected chi connectivity index (χ0v) is 8.10. The molecule has 0 bridgehead atoms. The van der Waals surface area contributed by atoms with Crippen molar-refractivity contribution in [3.05, 3.63) is 11.0 Å². The number of hydrogen-bond acceptors (Lipinski definition) is 5. The number of aromatic nitrogens is 3. The van der Waals surface area contributed by atoms with Crippen molar-refractivity contribution in [2.75, 3.05) is 23.7 Å². The monoisotopic (exact) mass is 195 g/mol. The van der Waals surface area contributed by atoms with Crippen molar-refractivity contribution >= 4 is 11.9 Å². The molecule has 0 saturated carbocycles. The normalized spacial score (nSPS) is 16.2. The summed E-state index contributed by atoms with van der Waals surface area (Å²) in [6.07, 6.45) is 2.29. The second kappa shape index (κ2) is 3.28. The average molecular weight is 195 g/mol. The average Bonchev–Trinajstić information content (AvgIpc) is 2.66. The summed E-state index contributed by atoms with van der Waals surface area (Å²) in [5, 5.41) is 11.2. The van der Waals surface area contributed by atoms with E-state index in [0.29, 0.717) is 16.5 Å². The summed E-state index contributed by atoms with van der Waals surface area (Å²) in [7, 11) is 0. The van der Waals surface area contributed by atoms with Gasteiger partial charge in [0.25, 0.3) is 0 Å². The molecule has 0 atom stereocenters. The lowest BCUT2D eigenvalue weighted by Gasteiger charge is -2.14. The van der Waals surface area contributed by atoms with Gasteiger partial charge in [-0.05, 0) is 12.8 Å². The molecule has 1 aliphatic heterocycles. The van der Waals surface area contributed by atoms with Crippen LogP contribution in [0.2, 0.25) is 0 Å². The van der Waals surface area contributed by atoms with Gasteiger partial charge >= 0.3 is 11.9 Å². The number of anilines is 2. The summed E-state index contributed by atoms with van der Waals surface area (Å²) in [6.45, 7) is 3.52. The van der Waals surface area contributed by atoms with E-state index >= 15 is 0 Å². The Labute approximate surface area is 82.0 Å². The molecule has 0 aromatic carbocycles. The number of nitrogens with zero attached hydrogens (tertiary/aromatic N) is 4. The zero-order valence-electron chi connectivity index (χ0n) is 8.10. The van der Waals surface area contributed by atoms with Crippen molar-refractivity contribution in [3.63, 3.8) is 0 Å². The van der Waals surface area contributed by atoms with Crippen LogP contribution in [0, 0.1) is 12.1 Å². The Balaban J connectivity index is 2.34. The lowest BCUT2D eigenvalue weighted by molar-refractivity contribution is -0.603. The molecule has 0 amide bonds. The molecule has 6 heteroatoms. The highest BCUT2D eigenvalue weighted by Gasteiger charge is 2.20. The SMILES string of the molecule is Cc1nc(N2CCCC2)nc(N)[n+]1[O-]. The Morgan fingerprint density at radius 2 is 2.00 bits per heavy atom. The Hall–Kier alpha value is -1.59. The van der Waals surface area contributed by atoms with Crippen LogP contribution in [0.4, 0.5) is 11.9 Å². The highest BCUT2D eigenvalue weighted by Crippen LogP contribution is 2.15. The van der Waals surface area contributed by atoms with E-state index in [4.69, 9.17) is 5.73 Å². The van der Waals surface area contributed by atoms with Crippen LogP contribution in [0.5, 0.6) is 0 Å². The van der Waals surface area contributed by atoms with Crippen LogP contribution < -0.4 is 15.4 Å². The molecule has 1 saturated heterocycles. The van der Waals surface area contributed by atoms with Crippen LogP contribution in [0.1, 0.15) is 18.7 Å². The topological polar surface area (TPSA) is 82.0 Å². The van der Waals surface area contributed by atoms with E-state index in [9.17, 15) is 5.21 Å². The quantitative estimate of drug-likeness (QED) is 0.487. The molecule has 1 aromatic heterocycles. The van der Waals surface area contributed by atoms with Crippen LogP contribution in [-0.4, -0.2) is 23.1 Å². The van der Waals surface area contributed by atoms with Gasteiger partial charge < -0.3 is 15.8 Å². The summed E-state index contributed by atoms with van der Waals surface area (Å²) in [4.78, 5) is 10.1. The van der Waals surface area contributed by atoms with E-state index in [-0.39, 0.29) is 5.95 Å². The van der Waals surface area contributed by atoms with E-state index in [1.807, 2.05) is 4.90 Å². The fraction of sp³-hybridized carbons (Fsp3) is 0.625. The predicted octanol–water partition coefficient (Wildman–Crippen LogP) is -0.399. The van der Waals surface area contributed by atoms with Crippen LogP contribution >= 0.6 is 0 Å². The van der Waals surface area contributed by atoms with Crippen LogP contribution in [-0.2, 0) is 0 Å². The summed E-state index contributed by atoms with van der Waals surface area (Å²) in [6, 6.07) is 0. The van der Waals surface area contributed by atoms with Crippen molar-refractivity contribution in [1.29, 1.82) is 0 Å². The molecule has 2 rings (SSSR count). The van der Waals surface area contributed by atoms with Crippen molar-refractivity contribution in [3.8, 4) is 0 Å². The van der Waals surface area contributed by atoms with Gasteiger partial charge in [-0.1, -0.05) is 9.97 Å². The maximum Gasteiger partial charge on any atom is 0.348 e. The molecule has 14 heavy (non-hydrogen) atoms. The largest absolute Gasteiger partial charge is 0.754 e. The number of nitrogens with two attached hydrogens (primary N) is 1. The molecule has 1 aliphatic rings. The summed E-state index contributed by atoms with van der Waals surface area (Å²) < 4.78 is 0.541. The van der Waals surface area contributed by atoms with Crippen LogP contribution in [0.3, 0.4) is 0 Å². The predicted molar refractivity (Wildman–Crippen MR) is 51.6 cm³/mol. The number of rotatable bonds is 1. The lowest BCUT2D eigenvalue weighted by atomic mass is 10.4. The highest BCUT2D eigenvalue weighted by molar-refractivity contribution is 5.33. The standard InChI is InChI=1S/C8H13N5O/c1-6-10-8(11-7(9)13(6)14)12-4-2-3-5-12/h2-5H2,1H3,(H2,9,10,11). The molecule has 1 aromatic rings. The van der Waals surface area contributed by atoms with Gasteiger partial charge in [-0.3, -0.25) is 0 Å². The van der Waals surface area contributed by atoms with E-state index in [1.165, 1.54) is 0 Å². The Morgan fingerprint density at radius 1 is 1.36 bits per heavy atom. The molecule has 0 radical (unpaired) electrons. The number of hydrogen-bond donors (Lipinski definition) is 1. The van der Waals surface area contributed by atoms with E-state index in [0.717, 1.165) is 25.9 Å². The Bertz CT molecular complexity index is 325. The van der Waals surface area contributed by atoms with Gasteiger partial charge in [-0.15, -0.1) is 0 Å². The highest BCUT2D eigenvalue weighted by atomic mass is 16.5. The zero-order chi connectivity index (χ0) is 10.1. The van der Waals surface area contributed by atoms with Gasteiger partial charge in [0, 0.05) is 20.0 Å². The smallest absolute Gasteiger partial charge is 0.348 e. The molecule has 2 N–H and O–H groups in total.